The third kappa shape index (κ3) is 5.02. The molecule has 0 bridgehead atoms. The van der Waals surface area contributed by atoms with Crippen molar-refractivity contribution in [3.63, 3.8) is 0 Å². The van der Waals surface area contributed by atoms with Crippen molar-refractivity contribution < 1.29 is 18.5 Å². The molecule has 2 aromatic carbocycles. The fourth-order valence-electron chi connectivity index (χ4n) is 2.50. The highest BCUT2D eigenvalue weighted by atomic mass is 32.2. The van der Waals surface area contributed by atoms with Crippen molar-refractivity contribution in [2.45, 2.75) is 31.7 Å². The van der Waals surface area contributed by atoms with Gasteiger partial charge in [-0.3, -0.25) is 9.00 Å². The number of nitrogens with one attached hydrogen (secondary N) is 1. The molecule has 2 rings (SSSR count). The van der Waals surface area contributed by atoms with Gasteiger partial charge in [0.15, 0.2) is 6.61 Å². The summed E-state index contributed by atoms with van der Waals surface area (Å²) in [5, 5.41) is 2.81. The van der Waals surface area contributed by atoms with Gasteiger partial charge >= 0.3 is 5.97 Å². The van der Waals surface area contributed by atoms with E-state index in [2.05, 4.69) is 5.32 Å². The normalized spacial score (nSPS) is 12.9. The van der Waals surface area contributed by atoms with E-state index in [4.69, 9.17) is 4.74 Å². The number of aryl methyl sites for hydroxylation is 2. The second-order valence-corrected chi connectivity index (χ2v) is 7.51. The second-order valence-electron chi connectivity index (χ2n) is 6.16. The first kappa shape index (κ1) is 19.8. The number of carbonyl (C=O) groups excluding carboxylic acids is 2. The van der Waals surface area contributed by atoms with Crippen molar-refractivity contribution >= 4 is 22.7 Å². The predicted octanol–water partition coefficient (Wildman–Crippen LogP) is 3.08. The predicted molar refractivity (Wildman–Crippen MR) is 102 cm³/mol. The lowest BCUT2D eigenvalue weighted by Crippen LogP contribution is -2.31. The molecular weight excluding hydrogens is 350 g/mol. The lowest BCUT2D eigenvalue weighted by molar-refractivity contribution is -0.124. The first-order valence-corrected chi connectivity index (χ1v) is 9.81. The molecule has 0 unspecified atom stereocenters. The summed E-state index contributed by atoms with van der Waals surface area (Å²) in [5.41, 5.74) is 3.54. The molecule has 138 valence electrons. The van der Waals surface area contributed by atoms with E-state index in [9.17, 15) is 13.8 Å². The summed E-state index contributed by atoms with van der Waals surface area (Å²) >= 11 is 0. The summed E-state index contributed by atoms with van der Waals surface area (Å²) in [4.78, 5) is 24.7. The highest BCUT2D eigenvalue weighted by molar-refractivity contribution is 7.84. The molecular formula is C20H23NO4S. The van der Waals surface area contributed by atoms with Gasteiger partial charge in [0.25, 0.3) is 5.91 Å². The average Bonchev–Trinajstić information content (AvgIpc) is 2.61. The van der Waals surface area contributed by atoms with Gasteiger partial charge in [-0.05, 0) is 49.6 Å². The topological polar surface area (TPSA) is 72.5 Å². The van der Waals surface area contributed by atoms with E-state index in [0.29, 0.717) is 4.90 Å². The van der Waals surface area contributed by atoms with E-state index < -0.39 is 23.4 Å². The Balaban J connectivity index is 1.95. The lowest BCUT2D eigenvalue weighted by Gasteiger charge is -2.16. The molecule has 6 heteroatoms. The first-order valence-electron chi connectivity index (χ1n) is 8.25. The summed E-state index contributed by atoms with van der Waals surface area (Å²) in [5.74, 6) is -1.05. The minimum Gasteiger partial charge on any atom is -0.452 e. The van der Waals surface area contributed by atoms with Gasteiger partial charge < -0.3 is 10.1 Å². The van der Waals surface area contributed by atoms with Crippen molar-refractivity contribution in [1.29, 1.82) is 0 Å². The van der Waals surface area contributed by atoms with E-state index >= 15 is 0 Å². The maximum Gasteiger partial charge on any atom is 0.339 e. The second kappa shape index (κ2) is 8.76. The van der Waals surface area contributed by atoms with Crippen LogP contribution < -0.4 is 5.32 Å². The van der Waals surface area contributed by atoms with Crippen molar-refractivity contribution in [2.24, 2.45) is 0 Å². The molecule has 0 heterocycles. The van der Waals surface area contributed by atoms with E-state index in [1.165, 1.54) is 17.9 Å². The number of hydrogen-bond acceptors (Lipinski definition) is 4. The quantitative estimate of drug-likeness (QED) is 0.790. The summed E-state index contributed by atoms with van der Waals surface area (Å²) in [6.45, 7) is 5.53. The molecule has 2 atom stereocenters. The number of ether oxygens (including phenoxy) is 1. The highest BCUT2D eigenvalue weighted by Crippen LogP contribution is 2.17. The SMILES string of the molecule is Cc1ccc([C@@H](C)NC(=O)COC(=O)c2ccccc2[S@@](C)=O)cc1C. The number of amides is 1. The summed E-state index contributed by atoms with van der Waals surface area (Å²) < 4.78 is 16.8. The summed E-state index contributed by atoms with van der Waals surface area (Å²) in [6.07, 6.45) is 1.49. The zero-order chi connectivity index (χ0) is 19.3. The van der Waals surface area contributed by atoms with E-state index in [1.54, 1.807) is 18.2 Å². The van der Waals surface area contributed by atoms with Crippen molar-refractivity contribution in [2.75, 3.05) is 12.9 Å². The van der Waals surface area contributed by atoms with Crippen LogP contribution in [0.2, 0.25) is 0 Å². The highest BCUT2D eigenvalue weighted by Gasteiger charge is 2.17. The Bertz CT molecular complexity index is 847. The van der Waals surface area contributed by atoms with Crippen LogP contribution in [-0.2, 0) is 20.3 Å². The molecule has 1 N–H and O–H groups in total. The van der Waals surface area contributed by atoms with Gasteiger partial charge in [0, 0.05) is 6.26 Å². The van der Waals surface area contributed by atoms with Crippen molar-refractivity contribution in [1.82, 2.24) is 5.32 Å². The van der Waals surface area contributed by atoms with E-state index in [0.717, 1.165) is 11.1 Å². The van der Waals surface area contributed by atoms with Crippen LogP contribution in [0.3, 0.4) is 0 Å². The standard InChI is InChI=1S/C20H23NO4S/c1-13-9-10-16(11-14(13)2)15(3)21-19(22)12-25-20(23)17-7-5-6-8-18(17)26(4)24/h5-11,15H,12H2,1-4H3,(H,21,22)/t15-,26-/m1/s1. The zero-order valence-electron chi connectivity index (χ0n) is 15.4. The molecule has 5 nitrogen and oxygen atoms in total. The zero-order valence-corrected chi connectivity index (χ0v) is 16.2. The number of hydrogen-bond donors (Lipinski definition) is 1. The molecule has 1 amide bonds. The fourth-order valence-corrected chi connectivity index (χ4v) is 3.23. The van der Waals surface area contributed by atoms with Gasteiger partial charge in [0.1, 0.15) is 0 Å². The van der Waals surface area contributed by atoms with Crippen LogP contribution in [0.15, 0.2) is 47.4 Å². The Labute approximate surface area is 156 Å². The van der Waals surface area contributed by atoms with Crippen LogP contribution in [-0.4, -0.2) is 28.9 Å². The maximum atomic E-state index is 12.2. The van der Waals surface area contributed by atoms with Crippen LogP contribution >= 0.6 is 0 Å². The fraction of sp³-hybridized carbons (Fsp3) is 0.300. The van der Waals surface area contributed by atoms with Gasteiger partial charge in [-0.1, -0.05) is 30.3 Å². The van der Waals surface area contributed by atoms with Gasteiger partial charge in [-0.15, -0.1) is 0 Å². The molecule has 0 saturated carbocycles. The number of rotatable bonds is 6. The smallest absolute Gasteiger partial charge is 0.339 e. The lowest BCUT2D eigenvalue weighted by atomic mass is 10.0. The number of carbonyl (C=O) groups is 2. The maximum absolute atomic E-state index is 12.2. The third-order valence-corrected chi connectivity index (χ3v) is 5.13. The molecule has 0 fully saturated rings. The molecule has 0 aliphatic carbocycles. The average molecular weight is 373 g/mol. The molecule has 0 aliphatic heterocycles. The molecule has 0 saturated heterocycles. The van der Waals surface area contributed by atoms with Crippen molar-refractivity contribution in [3.8, 4) is 0 Å². The van der Waals surface area contributed by atoms with Crippen LogP contribution in [0.5, 0.6) is 0 Å². The van der Waals surface area contributed by atoms with Gasteiger partial charge in [-0.25, -0.2) is 4.79 Å². The number of benzene rings is 2. The van der Waals surface area contributed by atoms with Gasteiger partial charge in [-0.2, -0.15) is 0 Å². The van der Waals surface area contributed by atoms with Crippen LogP contribution in [0.25, 0.3) is 0 Å². The minimum absolute atomic E-state index is 0.198. The van der Waals surface area contributed by atoms with Crippen molar-refractivity contribution in [3.05, 3.63) is 64.7 Å². The summed E-state index contributed by atoms with van der Waals surface area (Å²) in [6, 6.07) is 12.3. The number of esters is 1. The summed E-state index contributed by atoms with van der Waals surface area (Å²) in [7, 11) is -1.32. The van der Waals surface area contributed by atoms with Crippen LogP contribution in [0.4, 0.5) is 0 Å². The molecule has 0 spiro atoms. The monoisotopic (exact) mass is 373 g/mol. The van der Waals surface area contributed by atoms with Gasteiger partial charge in [0.05, 0.1) is 27.3 Å². The van der Waals surface area contributed by atoms with E-state index in [1.807, 2.05) is 39.0 Å². The Morgan fingerprint density at radius 3 is 2.46 bits per heavy atom. The Hall–Kier alpha value is -2.47. The van der Waals surface area contributed by atoms with Crippen LogP contribution in [0.1, 0.15) is 40.0 Å². The first-order chi connectivity index (χ1) is 12.3. The third-order valence-electron chi connectivity index (χ3n) is 4.16. The van der Waals surface area contributed by atoms with Gasteiger partial charge in [0.2, 0.25) is 0 Å². The molecule has 26 heavy (non-hydrogen) atoms. The minimum atomic E-state index is -1.32. The van der Waals surface area contributed by atoms with Crippen LogP contribution in [0, 0.1) is 13.8 Å². The Morgan fingerprint density at radius 1 is 1.12 bits per heavy atom. The Kier molecular flexibility index (Phi) is 6.69. The molecule has 0 radical (unpaired) electrons. The molecule has 0 aromatic heterocycles. The largest absolute Gasteiger partial charge is 0.452 e. The molecule has 0 aliphatic rings. The van der Waals surface area contributed by atoms with E-state index in [-0.39, 0.29) is 17.5 Å². The molecule has 2 aromatic rings. The Morgan fingerprint density at radius 2 is 1.81 bits per heavy atom.